The molecule has 0 fully saturated rings. The summed E-state index contributed by atoms with van der Waals surface area (Å²) in [6, 6.07) is 45.1. The lowest BCUT2D eigenvalue weighted by Crippen LogP contribution is -2.31. The molecule has 0 saturated heterocycles. The van der Waals surface area contributed by atoms with E-state index in [4.69, 9.17) is 0 Å². The van der Waals surface area contributed by atoms with Gasteiger partial charge in [0.2, 0.25) is 5.75 Å². The highest BCUT2D eigenvalue weighted by Crippen LogP contribution is 2.57. The van der Waals surface area contributed by atoms with E-state index in [1.54, 1.807) is 4.57 Å². The van der Waals surface area contributed by atoms with E-state index in [0.717, 1.165) is 38.6 Å². The number of anilines is 3. The maximum atomic E-state index is 11.1. The van der Waals surface area contributed by atoms with Crippen LogP contribution in [-0.2, 0) is 10.8 Å². The maximum Gasteiger partial charge on any atom is 0.203 e. The van der Waals surface area contributed by atoms with Gasteiger partial charge in [0.25, 0.3) is 0 Å². The molecule has 1 aliphatic carbocycles. The first-order chi connectivity index (χ1) is 26.4. The van der Waals surface area contributed by atoms with Crippen LogP contribution in [0, 0.1) is 6.92 Å². The van der Waals surface area contributed by atoms with Crippen LogP contribution >= 0.6 is 0 Å². The number of hydrogen-bond donors (Lipinski definition) is 4. The highest BCUT2D eigenvalue weighted by atomic mass is 16.3. The van der Waals surface area contributed by atoms with Crippen molar-refractivity contribution in [3.63, 3.8) is 0 Å². The number of aromatic nitrogens is 1. The number of rotatable bonds is 3. The summed E-state index contributed by atoms with van der Waals surface area (Å²) in [5.74, 6) is -2.12. The van der Waals surface area contributed by atoms with E-state index in [-0.39, 0.29) is 27.8 Å². The second kappa shape index (κ2) is 11.2. The van der Waals surface area contributed by atoms with Crippen molar-refractivity contribution in [1.82, 2.24) is 4.57 Å². The summed E-state index contributed by atoms with van der Waals surface area (Å²) < 4.78 is 1.73. The average molecular weight is 721 g/mol. The molecule has 0 amide bonds. The molecule has 0 radical (unpaired) electrons. The largest absolute Gasteiger partial charge is 0.505 e. The van der Waals surface area contributed by atoms with Gasteiger partial charge in [0.1, 0.15) is 11.4 Å². The zero-order chi connectivity index (χ0) is 38.1. The Morgan fingerprint density at radius 2 is 1.09 bits per heavy atom. The fraction of sp³-hybridized carbons (Fsp3) is 0.143. The van der Waals surface area contributed by atoms with Gasteiger partial charge in [0.15, 0.2) is 11.5 Å². The van der Waals surface area contributed by atoms with Gasteiger partial charge in [-0.15, -0.1) is 0 Å². The quantitative estimate of drug-likeness (QED) is 0.108. The first kappa shape index (κ1) is 32.9. The van der Waals surface area contributed by atoms with Gasteiger partial charge in [-0.05, 0) is 100.0 Å². The minimum atomic E-state index is -0.673. The van der Waals surface area contributed by atoms with Crippen LogP contribution in [0.3, 0.4) is 0 Å². The van der Waals surface area contributed by atoms with Crippen LogP contribution in [0.15, 0.2) is 127 Å². The molecule has 6 nitrogen and oxygen atoms in total. The predicted molar refractivity (Wildman–Crippen MR) is 222 cm³/mol. The number of benzene rings is 7. The van der Waals surface area contributed by atoms with Crippen LogP contribution in [0.4, 0.5) is 17.1 Å². The Morgan fingerprint density at radius 1 is 0.455 bits per heavy atom. The molecule has 0 unspecified atom stereocenters. The SMILES string of the molecule is Cc1c(O)c(O)c(O)c(-n2c3ccccc3c3cc(-c4ccc(N5c6ccccc6C(C)(C)c6cc7c(cc65)C(C)(C)c5ccccc5-7)cc4)ccc32)c1O. The Kier molecular flexibility index (Phi) is 6.70. The fourth-order valence-corrected chi connectivity index (χ4v) is 9.38. The average Bonchev–Trinajstić information content (AvgIpc) is 3.64. The van der Waals surface area contributed by atoms with Crippen LogP contribution < -0.4 is 4.90 Å². The van der Waals surface area contributed by atoms with E-state index >= 15 is 0 Å². The van der Waals surface area contributed by atoms with Crippen molar-refractivity contribution < 1.29 is 20.4 Å². The second-order valence-corrected chi connectivity index (χ2v) is 16.1. The van der Waals surface area contributed by atoms with Crippen LogP contribution in [0.25, 0.3) is 49.7 Å². The molecule has 8 aromatic rings. The molecule has 4 N–H and O–H groups in total. The van der Waals surface area contributed by atoms with Gasteiger partial charge < -0.3 is 29.9 Å². The number of hydrogen-bond acceptors (Lipinski definition) is 5. The molecule has 1 aliphatic heterocycles. The van der Waals surface area contributed by atoms with E-state index in [9.17, 15) is 20.4 Å². The summed E-state index contributed by atoms with van der Waals surface area (Å²) in [7, 11) is 0. The third-order valence-corrected chi connectivity index (χ3v) is 12.4. The zero-order valence-corrected chi connectivity index (χ0v) is 31.3. The van der Waals surface area contributed by atoms with Gasteiger partial charge in [-0.25, -0.2) is 0 Å². The summed E-state index contributed by atoms with van der Waals surface area (Å²) in [6.07, 6.45) is 0. The molecule has 0 spiro atoms. The molecule has 0 saturated carbocycles. The third kappa shape index (κ3) is 4.36. The summed E-state index contributed by atoms with van der Waals surface area (Å²) >= 11 is 0. The lowest BCUT2D eigenvalue weighted by molar-refractivity contribution is 0.357. The Balaban J connectivity index is 1.11. The van der Waals surface area contributed by atoms with E-state index in [0.29, 0.717) is 0 Å². The minimum absolute atomic E-state index is 0.0132. The number of phenolic OH excluding ortho intramolecular Hbond substituents is 4. The van der Waals surface area contributed by atoms with Crippen molar-refractivity contribution >= 4 is 38.9 Å². The van der Waals surface area contributed by atoms with Gasteiger partial charge in [0, 0.05) is 32.9 Å². The molecular weight excluding hydrogens is 681 g/mol. The van der Waals surface area contributed by atoms with E-state index in [1.807, 2.05) is 36.4 Å². The summed E-state index contributed by atoms with van der Waals surface area (Å²) in [5.41, 5.74) is 14.7. The molecule has 6 heteroatoms. The van der Waals surface area contributed by atoms with Crippen molar-refractivity contribution in [2.24, 2.45) is 0 Å². The monoisotopic (exact) mass is 720 g/mol. The number of phenols is 4. The van der Waals surface area contributed by atoms with Crippen LogP contribution in [0.2, 0.25) is 0 Å². The normalized spacial score (nSPS) is 14.8. The summed E-state index contributed by atoms with van der Waals surface area (Å²) in [6.45, 7) is 10.8. The molecular formula is C49H40N2O4. The van der Waals surface area contributed by atoms with Crippen molar-refractivity contribution in [3.05, 3.63) is 155 Å². The van der Waals surface area contributed by atoms with Gasteiger partial charge in [-0.3, -0.25) is 0 Å². The Hall–Kier alpha value is -6.66. The number of aromatic hydroxyl groups is 4. The Labute approximate surface area is 319 Å². The van der Waals surface area contributed by atoms with Crippen molar-refractivity contribution in [3.8, 4) is 50.9 Å². The van der Waals surface area contributed by atoms with Crippen LogP contribution in [0.5, 0.6) is 23.0 Å². The lowest BCUT2D eigenvalue weighted by Gasteiger charge is -2.43. The van der Waals surface area contributed by atoms with Gasteiger partial charge >= 0.3 is 0 Å². The van der Waals surface area contributed by atoms with Crippen LogP contribution in [0.1, 0.15) is 55.5 Å². The van der Waals surface area contributed by atoms with E-state index < -0.39 is 17.2 Å². The maximum absolute atomic E-state index is 11.1. The minimum Gasteiger partial charge on any atom is -0.505 e. The van der Waals surface area contributed by atoms with Crippen LogP contribution in [-0.4, -0.2) is 25.0 Å². The topological polar surface area (TPSA) is 89.1 Å². The molecule has 0 atom stereocenters. The predicted octanol–water partition coefficient (Wildman–Crippen LogP) is 12.0. The smallest absolute Gasteiger partial charge is 0.203 e. The highest BCUT2D eigenvalue weighted by molar-refractivity contribution is 6.11. The highest BCUT2D eigenvalue weighted by Gasteiger charge is 2.42. The molecule has 0 bridgehead atoms. The van der Waals surface area contributed by atoms with Crippen molar-refractivity contribution in [2.75, 3.05) is 4.90 Å². The first-order valence-corrected chi connectivity index (χ1v) is 18.7. The molecule has 2 heterocycles. The van der Waals surface area contributed by atoms with Crippen molar-refractivity contribution in [2.45, 2.75) is 45.4 Å². The Bertz CT molecular complexity index is 2910. The molecule has 7 aromatic carbocycles. The summed E-state index contributed by atoms with van der Waals surface area (Å²) in [4.78, 5) is 2.42. The molecule has 10 rings (SSSR count). The van der Waals surface area contributed by atoms with Gasteiger partial charge in [-0.2, -0.15) is 0 Å². The number of nitrogens with zero attached hydrogens (tertiary/aromatic N) is 2. The Morgan fingerprint density at radius 3 is 1.87 bits per heavy atom. The molecule has 270 valence electrons. The zero-order valence-electron chi connectivity index (χ0n) is 31.3. The second-order valence-electron chi connectivity index (χ2n) is 16.1. The van der Waals surface area contributed by atoms with E-state index in [2.05, 4.69) is 124 Å². The fourth-order valence-electron chi connectivity index (χ4n) is 9.38. The lowest BCUT2D eigenvalue weighted by atomic mass is 9.72. The standard InChI is InChI=1S/C49H40N2O4/c1-27-44(52)43(46(54)47(55)45(27)53)51-39-16-10-7-13-32(39)34-24-29(20-23-40(34)51)28-18-21-30(22-19-28)50-41-17-11-9-15-36(41)49(4,5)38-25-33-31-12-6-8-14-35(31)48(2,3)37(33)26-42(38)50/h6-26,52-55H,1-5H3. The van der Waals surface area contributed by atoms with E-state index in [1.165, 1.54) is 51.7 Å². The molecule has 2 aliphatic rings. The van der Waals surface area contributed by atoms with Gasteiger partial charge in [-0.1, -0.05) is 107 Å². The summed E-state index contributed by atoms with van der Waals surface area (Å²) in [5, 5.41) is 44.9. The number of para-hydroxylation sites is 2. The third-order valence-electron chi connectivity index (χ3n) is 12.4. The first-order valence-electron chi connectivity index (χ1n) is 18.7. The molecule has 1 aromatic heterocycles. The number of fused-ring (bicyclic) bond motifs is 8. The van der Waals surface area contributed by atoms with Crippen molar-refractivity contribution in [1.29, 1.82) is 0 Å². The molecule has 55 heavy (non-hydrogen) atoms. The van der Waals surface area contributed by atoms with Gasteiger partial charge in [0.05, 0.1) is 22.4 Å².